The van der Waals surface area contributed by atoms with Gasteiger partial charge in [-0.15, -0.1) is 0 Å². The number of nitrogens with zero attached hydrogens (tertiary/aromatic N) is 1. The van der Waals surface area contributed by atoms with E-state index in [1.165, 1.54) is 7.11 Å². The Morgan fingerprint density at radius 2 is 2.12 bits per heavy atom. The number of oxazole rings is 1. The molecule has 0 bridgehead atoms. The smallest absolute Gasteiger partial charge is 0.300 e. The summed E-state index contributed by atoms with van der Waals surface area (Å²) >= 11 is 12.0. The molecule has 3 rings (SSSR count). The number of hydrogen-bond acceptors (Lipinski definition) is 6. The first-order valence-corrected chi connectivity index (χ1v) is 7.87. The molecule has 0 spiro atoms. The van der Waals surface area contributed by atoms with Crippen molar-refractivity contribution in [1.82, 2.24) is 4.98 Å². The van der Waals surface area contributed by atoms with Crippen molar-refractivity contribution in [2.24, 2.45) is 0 Å². The highest BCUT2D eigenvalue weighted by atomic mass is 35.5. The van der Waals surface area contributed by atoms with Crippen LogP contribution in [0.2, 0.25) is 10.0 Å². The summed E-state index contributed by atoms with van der Waals surface area (Å²) in [5.74, 6) is -0.0737. The molecule has 0 aliphatic carbocycles. The topological polar surface area (TPSA) is 96.6 Å². The van der Waals surface area contributed by atoms with E-state index in [1.54, 1.807) is 30.3 Å². The molecular formula is C16H13Cl2N3O4. The second-order valence-electron chi connectivity index (χ2n) is 5.00. The quantitative estimate of drug-likeness (QED) is 0.621. The van der Waals surface area contributed by atoms with Gasteiger partial charge in [0.15, 0.2) is 5.58 Å². The molecule has 3 aromatic rings. The Bertz CT molecular complexity index is 943. The molecule has 25 heavy (non-hydrogen) atoms. The number of aromatic nitrogens is 1. The lowest BCUT2D eigenvalue weighted by Crippen LogP contribution is -2.15. The average molecular weight is 382 g/mol. The molecule has 0 atom stereocenters. The average Bonchev–Trinajstić information content (AvgIpc) is 2.98. The van der Waals surface area contributed by atoms with Crippen LogP contribution in [0, 0.1) is 0 Å². The largest absolute Gasteiger partial charge is 0.494 e. The van der Waals surface area contributed by atoms with Crippen molar-refractivity contribution in [3.8, 4) is 5.75 Å². The minimum atomic E-state index is -0.603. The summed E-state index contributed by atoms with van der Waals surface area (Å²) in [6.07, 6.45) is 0. The molecule has 0 unspecified atom stereocenters. The first kappa shape index (κ1) is 17.3. The summed E-state index contributed by atoms with van der Waals surface area (Å²) < 4.78 is 10.9. The molecule has 1 amide bonds. The van der Waals surface area contributed by atoms with Crippen LogP contribution >= 0.6 is 23.2 Å². The zero-order valence-corrected chi connectivity index (χ0v) is 14.5. The van der Waals surface area contributed by atoms with Gasteiger partial charge in [0.1, 0.15) is 17.9 Å². The van der Waals surface area contributed by atoms with Crippen molar-refractivity contribution in [2.45, 2.75) is 0 Å². The Labute approximate surface area is 152 Å². The number of fused-ring (bicyclic) bond motifs is 1. The predicted molar refractivity (Wildman–Crippen MR) is 96.0 cm³/mol. The zero-order chi connectivity index (χ0) is 18.0. The molecule has 0 saturated heterocycles. The zero-order valence-electron chi connectivity index (χ0n) is 13.0. The van der Waals surface area contributed by atoms with Crippen LogP contribution in [0.15, 0.2) is 34.7 Å². The van der Waals surface area contributed by atoms with Gasteiger partial charge in [0.25, 0.3) is 6.01 Å². The summed E-state index contributed by atoms with van der Waals surface area (Å²) in [7, 11) is 1.49. The van der Waals surface area contributed by atoms with Crippen molar-refractivity contribution in [3.05, 3.63) is 40.4 Å². The van der Waals surface area contributed by atoms with E-state index in [0.717, 1.165) is 0 Å². The number of nitrogens with one attached hydrogen (secondary N) is 2. The Balaban J connectivity index is 1.89. The van der Waals surface area contributed by atoms with E-state index in [1.807, 2.05) is 0 Å². The number of hydrogen-bond donors (Lipinski definition) is 3. The van der Waals surface area contributed by atoms with E-state index >= 15 is 0 Å². The summed E-state index contributed by atoms with van der Waals surface area (Å²) in [6.45, 7) is -0.603. The van der Waals surface area contributed by atoms with Gasteiger partial charge in [-0.1, -0.05) is 23.2 Å². The Hall–Kier alpha value is -2.48. The fourth-order valence-electron chi connectivity index (χ4n) is 2.20. The van der Waals surface area contributed by atoms with Crippen LogP contribution in [0.25, 0.3) is 11.1 Å². The molecule has 0 fully saturated rings. The maximum absolute atomic E-state index is 11.2. The van der Waals surface area contributed by atoms with Gasteiger partial charge in [-0.2, -0.15) is 4.98 Å². The van der Waals surface area contributed by atoms with Crippen LogP contribution in [0.3, 0.4) is 0 Å². The van der Waals surface area contributed by atoms with E-state index in [2.05, 4.69) is 15.6 Å². The fourth-order valence-corrected chi connectivity index (χ4v) is 2.72. The van der Waals surface area contributed by atoms with Gasteiger partial charge < -0.3 is 24.9 Å². The van der Waals surface area contributed by atoms with Gasteiger partial charge in [-0.3, -0.25) is 4.79 Å². The van der Waals surface area contributed by atoms with E-state index in [9.17, 15) is 4.79 Å². The monoisotopic (exact) mass is 381 g/mol. The number of aliphatic hydroxyl groups is 1. The van der Waals surface area contributed by atoms with Crippen LogP contribution in [-0.4, -0.2) is 29.7 Å². The van der Waals surface area contributed by atoms with Gasteiger partial charge >= 0.3 is 0 Å². The molecule has 1 aromatic heterocycles. The van der Waals surface area contributed by atoms with Crippen molar-refractivity contribution in [3.63, 3.8) is 0 Å². The number of carbonyl (C=O) groups excluding carboxylic acids is 1. The number of halogens is 2. The molecule has 2 aromatic carbocycles. The summed E-state index contributed by atoms with van der Waals surface area (Å²) in [6, 6.07) is 8.34. The first-order chi connectivity index (χ1) is 12.0. The number of amides is 1. The third kappa shape index (κ3) is 3.79. The fraction of sp³-hybridized carbons (Fsp3) is 0.125. The second kappa shape index (κ2) is 7.18. The highest BCUT2D eigenvalue weighted by Crippen LogP contribution is 2.34. The van der Waals surface area contributed by atoms with Crippen LogP contribution in [0.1, 0.15) is 0 Å². The Kier molecular flexibility index (Phi) is 4.98. The normalized spacial score (nSPS) is 10.7. The third-order valence-electron chi connectivity index (χ3n) is 3.28. The number of ether oxygens (including phenoxy) is 1. The molecular weight excluding hydrogens is 369 g/mol. The van der Waals surface area contributed by atoms with Crippen molar-refractivity contribution < 1.29 is 19.1 Å². The van der Waals surface area contributed by atoms with Crippen molar-refractivity contribution in [2.75, 3.05) is 24.4 Å². The number of benzene rings is 2. The molecule has 130 valence electrons. The Morgan fingerprint density at radius 3 is 2.84 bits per heavy atom. The van der Waals surface area contributed by atoms with Crippen molar-refractivity contribution in [1.29, 1.82) is 0 Å². The van der Waals surface area contributed by atoms with Gasteiger partial charge in [-0.05, 0) is 24.3 Å². The lowest BCUT2D eigenvalue weighted by atomic mass is 10.2. The SMILES string of the molecule is COc1cc(NC(=O)CO)ccc1Nc1nc2cc(Cl)cc(Cl)c2o1. The second-order valence-corrected chi connectivity index (χ2v) is 5.84. The van der Waals surface area contributed by atoms with Crippen LogP contribution in [0.5, 0.6) is 5.75 Å². The lowest BCUT2D eigenvalue weighted by Gasteiger charge is -2.11. The number of carbonyl (C=O) groups is 1. The van der Waals surface area contributed by atoms with Gasteiger partial charge in [-0.25, -0.2) is 0 Å². The molecule has 1 heterocycles. The van der Waals surface area contributed by atoms with E-state index in [-0.39, 0.29) is 6.01 Å². The lowest BCUT2D eigenvalue weighted by molar-refractivity contribution is -0.118. The molecule has 9 heteroatoms. The molecule has 0 aliphatic rings. The van der Waals surface area contributed by atoms with Crippen LogP contribution in [0.4, 0.5) is 17.4 Å². The summed E-state index contributed by atoms with van der Waals surface area (Å²) in [4.78, 5) is 15.5. The van der Waals surface area contributed by atoms with E-state index < -0.39 is 12.5 Å². The Morgan fingerprint density at radius 1 is 1.32 bits per heavy atom. The molecule has 3 N–H and O–H groups in total. The van der Waals surface area contributed by atoms with Crippen LogP contribution in [-0.2, 0) is 4.79 Å². The van der Waals surface area contributed by atoms with Crippen molar-refractivity contribution >= 4 is 57.6 Å². The minimum absolute atomic E-state index is 0.213. The highest BCUT2D eigenvalue weighted by Gasteiger charge is 2.13. The van der Waals surface area contributed by atoms with E-state index in [4.69, 9.17) is 37.5 Å². The molecule has 0 radical (unpaired) electrons. The predicted octanol–water partition coefficient (Wildman–Crippen LogP) is 3.82. The van der Waals surface area contributed by atoms with Gasteiger partial charge in [0.2, 0.25) is 5.91 Å². The van der Waals surface area contributed by atoms with E-state index in [0.29, 0.717) is 38.3 Å². The first-order valence-electron chi connectivity index (χ1n) is 7.11. The molecule has 7 nitrogen and oxygen atoms in total. The number of aliphatic hydroxyl groups excluding tert-OH is 1. The van der Waals surface area contributed by atoms with Gasteiger partial charge in [0, 0.05) is 16.8 Å². The standard InChI is InChI=1S/C16H13Cl2N3O4/c1-24-13-6-9(19-14(23)7-22)2-3-11(13)20-16-21-12-5-8(17)4-10(18)15(12)25-16/h2-6,22H,7H2,1H3,(H,19,23)(H,20,21). The number of rotatable bonds is 5. The number of methoxy groups -OCH3 is 1. The molecule has 0 aliphatic heterocycles. The number of anilines is 3. The third-order valence-corrected chi connectivity index (χ3v) is 3.78. The molecule has 0 saturated carbocycles. The summed E-state index contributed by atoms with van der Waals surface area (Å²) in [5, 5.41) is 15.1. The maximum Gasteiger partial charge on any atom is 0.300 e. The van der Waals surface area contributed by atoms with Crippen LogP contribution < -0.4 is 15.4 Å². The maximum atomic E-state index is 11.2. The minimum Gasteiger partial charge on any atom is -0.494 e. The highest BCUT2D eigenvalue weighted by molar-refractivity contribution is 6.38. The van der Waals surface area contributed by atoms with Gasteiger partial charge in [0.05, 0.1) is 17.8 Å². The summed E-state index contributed by atoms with van der Waals surface area (Å²) in [5.41, 5.74) is 1.98.